The van der Waals surface area contributed by atoms with Gasteiger partial charge in [-0.25, -0.2) is 9.97 Å². The number of rotatable bonds is 6. The molecule has 0 spiro atoms. The molecule has 1 heterocycles. The Hall–Kier alpha value is -3.61. The third-order valence-electron chi connectivity index (χ3n) is 4.19. The predicted octanol–water partition coefficient (Wildman–Crippen LogP) is 4.11. The summed E-state index contributed by atoms with van der Waals surface area (Å²) in [5.41, 5.74) is 3.89. The van der Waals surface area contributed by atoms with E-state index in [0.29, 0.717) is 17.3 Å². The van der Waals surface area contributed by atoms with Crippen LogP contribution in [0.25, 0.3) is 0 Å². The second kappa shape index (κ2) is 8.39. The molecule has 7 nitrogen and oxygen atoms in total. The van der Waals surface area contributed by atoms with Crippen LogP contribution >= 0.6 is 0 Å². The van der Waals surface area contributed by atoms with Gasteiger partial charge in [0.15, 0.2) is 11.5 Å². The van der Waals surface area contributed by atoms with Gasteiger partial charge in [0.2, 0.25) is 0 Å². The van der Waals surface area contributed by atoms with E-state index in [1.54, 1.807) is 32.4 Å². The van der Waals surface area contributed by atoms with E-state index in [1.165, 1.54) is 6.33 Å². The Labute approximate surface area is 163 Å². The Morgan fingerprint density at radius 2 is 1.71 bits per heavy atom. The largest absolute Gasteiger partial charge is 0.493 e. The number of hydrogen-bond acceptors (Lipinski definition) is 6. The number of carbonyl (C=O) groups excluding carboxylic acids is 1. The number of benzene rings is 2. The average molecular weight is 378 g/mol. The van der Waals surface area contributed by atoms with E-state index < -0.39 is 0 Å². The molecule has 0 saturated carbocycles. The van der Waals surface area contributed by atoms with Crippen LogP contribution in [0.5, 0.6) is 11.5 Å². The van der Waals surface area contributed by atoms with Crippen molar-refractivity contribution in [1.29, 1.82) is 0 Å². The summed E-state index contributed by atoms with van der Waals surface area (Å²) < 4.78 is 10.5. The number of anilines is 3. The lowest BCUT2D eigenvalue weighted by Crippen LogP contribution is -2.15. The van der Waals surface area contributed by atoms with Crippen molar-refractivity contribution in [2.45, 2.75) is 13.8 Å². The molecular formula is C21H22N4O3. The van der Waals surface area contributed by atoms with Crippen LogP contribution in [0.2, 0.25) is 0 Å². The molecule has 2 N–H and O–H groups in total. The van der Waals surface area contributed by atoms with Gasteiger partial charge in [0.05, 0.1) is 14.2 Å². The Balaban J connectivity index is 1.77. The topological polar surface area (TPSA) is 85.4 Å². The molecule has 1 aromatic heterocycles. The zero-order chi connectivity index (χ0) is 20.1. The van der Waals surface area contributed by atoms with Crippen LogP contribution in [-0.2, 0) is 0 Å². The summed E-state index contributed by atoms with van der Waals surface area (Å²) in [4.78, 5) is 20.8. The first-order valence-corrected chi connectivity index (χ1v) is 8.70. The van der Waals surface area contributed by atoms with Gasteiger partial charge in [-0.15, -0.1) is 0 Å². The average Bonchev–Trinajstić information content (AvgIpc) is 2.70. The van der Waals surface area contributed by atoms with Gasteiger partial charge < -0.3 is 20.1 Å². The van der Waals surface area contributed by atoms with E-state index in [1.807, 2.05) is 38.1 Å². The van der Waals surface area contributed by atoms with Gasteiger partial charge in [0, 0.05) is 23.5 Å². The first-order valence-electron chi connectivity index (χ1n) is 8.70. The molecule has 0 aliphatic heterocycles. The minimum atomic E-state index is -0.301. The molecule has 144 valence electrons. The van der Waals surface area contributed by atoms with E-state index in [9.17, 15) is 4.79 Å². The number of aromatic nitrogens is 2. The summed E-state index contributed by atoms with van der Waals surface area (Å²) in [6, 6.07) is 12.8. The molecular weight excluding hydrogens is 356 g/mol. The number of nitrogens with one attached hydrogen (secondary N) is 2. The summed E-state index contributed by atoms with van der Waals surface area (Å²) in [5.74, 6) is 1.41. The smallest absolute Gasteiger partial charge is 0.274 e. The number of aryl methyl sites for hydroxylation is 2. The summed E-state index contributed by atoms with van der Waals surface area (Å²) >= 11 is 0. The summed E-state index contributed by atoms with van der Waals surface area (Å²) in [7, 11) is 3.15. The zero-order valence-electron chi connectivity index (χ0n) is 16.2. The van der Waals surface area contributed by atoms with Gasteiger partial charge in [0.25, 0.3) is 5.91 Å². The van der Waals surface area contributed by atoms with Crippen molar-refractivity contribution in [3.05, 3.63) is 65.6 Å². The van der Waals surface area contributed by atoms with Crippen LogP contribution < -0.4 is 20.1 Å². The monoisotopic (exact) mass is 378 g/mol. The maximum absolute atomic E-state index is 12.6. The third-order valence-corrected chi connectivity index (χ3v) is 4.19. The fourth-order valence-electron chi connectivity index (χ4n) is 2.75. The highest BCUT2D eigenvalue weighted by molar-refractivity contribution is 6.03. The van der Waals surface area contributed by atoms with Crippen LogP contribution in [0.1, 0.15) is 21.6 Å². The first kappa shape index (κ1) is 19.2. The first-order chi connectivity index (χ1) is 13.5. The van der Waals surface area contributed by atoms with Crippen LogP contribution in [-0.4, -0.2) is 30.1 Å². The highest BCUT2D eigenvalue weighted by Crippen LogP contribution is 2.30. The van der Waals surface area contributed by atoms with Crippen LogP contribution in [0.3, 0.4) is 0 Å². The van der Waals surface area contributed by atoms with E-state index in [-0.39, 0.29) is 11.6 Å². The highest BCUT2D eigenvalue weighted by atomic mass is 16.5. The summed E-state index contributed by atoms with van der Waals surface area (Å²) in [6.07, 6.45) is 1.35. The molecule has 0 aliphatic rings. The second-order valence-corrected chi connectivity index (χ2v) is 6.26. The molecule has 0 saturated heterocycles. The molecule has 0 atom stereocenters. The summed E-state index contributed by atoms with van der Waals surface area (Å²) in [6.45, 7) is 3.96. The molecule has 0 fully saturated rings. The Bertz CT molecular complexity index is 1000. The van der Waals surface area contributed by atoms with Crippen molar-refractivity contribution in [2.75, 3.05) is 24.9 Å². The van der Waals surface area contributed by atoms with Gasteiger partial charge in [0.1, 0.15) is 17.8 Å². The Morgan fingerprint density at radius 1 is 0.929 bits per heavy atom. The summed E-state index contributed by atoms with van der Waals surface area (Å²) in [5, 5.41) is 6.03. The molecule has 0 radical (unpaired) electrons. The van der Waals surface area contributed by atoms with Crippen molar-refractivity contribution >= 4 is 23.1 Å². The normalized spacial score (nSPS) is 10.3. The van der Waals surface area contributed by atoms with E-state index in [2.05, 4.69) is 20.6 Å². The lowest BCUT2D eigenvalue weighted by Gasteiger charge is -2.12. The van der Waals surface area contributed by atoms with Crippen molar-refractivity contribution in [3.63, 3.8) is 0 Å². The molecule has 0 bridgehead atoms. The van der Waals surface area contributed by atoms with Crippen molar-refractivity contribution in [2.24, 2.45) is 0 Å². The van der Waals surface area contributed by atoms with Gasteiger partial charge in [-0.3, -0.25) is 4.79 Å². The van der Waals surface area contributed by atoms with Gasteiger partial charge in [-0.05, 0) is 37.6 Å². The quantitative estimate of drug-likeness (QED) is 0.671. The van der Waals surface area contributed by atoms with Crippen molar-refractivity contribution < 1.29 is 14.3 Å². The number of nitrogens with zero attached hydrogens (tertiary/aromatic N) is 2. The van der Waals surface area contributed by atoms with Crippen LogP contribution in [0.15, 0.2) is 48.8 Å². The fourth-order valence-corrected chi connectivity index (χ4v) is 2.75. The maximum Gasteiger partial charge on any atom is 0.274 e. The number of hydrogen-bond donors (Lipinski definition) is 2. The molecule has 3 rings (SSSR count). The standard InChI is InChI=1S/C21H22N4O3/c1-13-5-7-16(14(2)9-13)25-21(26)17-11-20(23-12-22-17)24-15-6-8-18(27-3)19(10-15)28-4/h5-12H,1-4H3,(H,25,26)(H,22,23,24). The minimum Gasteiger partial charge on any atom is -0.493 e. The molecule has 0 unspecified atom stereocenters. The molecule has 2 aromatic carbocycles. The molecule has 28 heavy (non-hydrogen) atoms. The van der Waals surface area contributed by atoms with E-state index in [0.717, 1.165) is 22.5 Å². The zero-order valence-corrected chi connectivity index (χ0v) is 16.2. The Morgan fingerprint density at radius 3 is 2.43 bits per heavy atom. The van der Waals surface area contributed by atoms with Crippen molar-refractivity contribution in [3.8, 4) is 11.5 Å². The lowest BCUT2D eigenvalue weighted by atomic mass is 10.1. The van der Waals surface area contributed by atoms with E-state index in [4.69, 9.17) is 9.47 Å². The number of methoxy groups -OCH3 is 2. The van der Waals surface area contributed by atoms with Gasteiger partial charge >= 0.3 is 0 Å². The molecule has 3 aromatic rings. The van der Waals surface area contributed by atoms with Gasteiger partial charge in [-0.2, -0.15) is 0 Å². The molecule has 0 aliphatic carbocycles. The number of carbonyl (C=O) groups is 1. The van der Waals surface area contributed by atoms with Crippen molar-refractivity contribution in [1.82, 2.24) is 9.97 Å². The minimum absolute atomic E-state index is 0.262. The molecule has 1 amide bonds. The SMILES string of the molecule is COc1ccc(Nc2cc(C(=O)Nc3ccc(C)cc3C)ncn2)cc1OC. The third kappa shape index (κ3) is 4.37. The van der Waals surface area contributed by atoms with Gasteiger partial charge in [-0.1, -0.05) is 17.7 Å². The number of amides is 1. The Kier molecular flexibility index (Phi) is 5.74. The highest BCUT2D eigenvalue weighted by Gasteiger charge is 2.11. The van der Waals surface area contributed by atoms with Crippen LogP contribution in [0.4, 0.5) is 17.2 Å². The van der Waals surface area contributed by atoms with Crippen LogP contribution in [0, 0.1) is 13.8 Å². The fraction of sp³-hybridized carbons (Fsp3) is 0.190. The molecule has 7 heteroatoms. The van der Waals surface area contributed by atoms with E-state index >= 15 is 0 Å². The lowest BCUT2D eigenvalue weighted by molar-refractivity contribution is 0.102. The second-order valence-electron chi connectivity index (χ2n) is 6.26. The predicted molar refractivity (Wildman–Crippen MR) is 109 cm³/mol. The number of ether oxygens (including phenoxy) is 2. The maximum atomic E-state index is 12.6.